The van der Waals surface area contributed by atoms with E-state index in [-0.39, 0.29) is 5.91 Å². The van der Waals surface area contributed by atoms with Crippen molar-refractivity contribution < 1.29 is 18.7 Å². The molecule has 1 aromatic heterocycles. The topological polar surface area (TPSA) is 64.8 Å². The van der Waals surface area contributed by atoms with Gasteiger partial charge in [-0.2, -0.15) is 0 Å². The summed E-state index contributed by atoms with van der Waals surface area (Å²) in [5.74, 6) is 2.71. The highest BCUT2D eigenvalue weighted by molar-refractivity contribution is 6.30. The van der Waals surface area contributed by atoms with Crippen molar-refractivity contribution in [1.82, 2.24) is 9.88 Å². The molecule has 0 radical (unpaired) electrons. The summed E-state index contributed by atoms with van der Waals surface area (Å²) in [7, 11) is 3.24. The van der Waals surface area contributed by atoms with Gasteiger partial charge in [-0.1, -0.05) is 11.6 Å². The van der Waals surface area contributed by atoms with Gasteiger partial charge in [-0.25, -0.2) is 4.98 Å². The number of methoxy groups -OCH3 is 2. The Kier molecular flexibility index (Phi) is 5.95. The second-order valence-electron chi connectivity index (χ2n) is 7.17. The summed E-state index contributed by atoms with van der Waals surface area (Å²) < 4.78 is 16.6. The Bertz CT molecular complexity index is 1050. The summed E-state index contributed by atoms with van der Waals surface area (Å²) in [6.45, 7) is 1.25. The van der Waals surface area contributed by atoms with Gasteiger partial charge in [0.25, 0.3) is 0 Å². The van der Waals surface area contributed by atoms with Gasteiger partial charge in [-0.3, -0.25) is 4.79 Å². The molecule has 156 valence electrons. The number of oxazole rings is 1. The molecule has 2 heterocycles. The summed E-state index contributed by atoms with van der Waals surface area (Å²) in [5, 5.41) is 0.670. The second kappa shape index (κ2) is 8.79. The van der Waals surface area contributed by atoms with Crippen LogP contribution in [0, 0.1) is 0 Å². The predicted octanol–water partition coefficient (Wildman–Crippen LogP) is 4.53. The number of nitrogens with zero attached hydrogens (tertiary/aromatic N) is 2. The van der Waals surface area contributed by atoms with Gasteiger partial charge >= 0.3 is 0 Å². The number of carbonyl (C=O) groups is 1. The highest BCUT2D eigenvalue weighted by Crippen LogP contribution is 2.33. The molecule has 0 aliphatic carbocycles. The van der Waals surface area contributed by atoms with E-state index in [1.54, 1.807) is 32.5 Å². The normalized spacial score (nSPS) is 13.1. The van der Waals surface area contributed by atoms with Gasteiger partial charge in [0.1, 0.15) is 0 Å². The average Bonchev–Trinajstić information content (AvgIpc) is 3.25. The maximum atomic E-state index is 12.8. The van der Waals surface area contributed by atoms with Crippen molar-refractivity contribution in [3.8, 4) is 22.8 Å². The lowest BCUT2D eigenvalue weighted by molar-refractivity contribution is -0.132. The molecule has 0 spiro atoms. The molecule has 0 bridgehead atoms. The molecule has 0 saturated carbocycles. The molecule has 4 rings (SSSR count). The number of rotatable bonds is 6. The lowest BCUT2D eigenvalue weighted by atomic mass is 9.98. The van der Waals surface area contributed by atoms with Crippen LogP contribution in [-0.2, 0) is 24.2 Å². The first-order valence-corrected chi connectivity index (χ1v) is 10.2. The van der Waals surface area contributed by atoms with Crippen molar-refractivity contribution in [1.29, 1.82) is 0 Å². The minimum atomic E-state index is 0.0849. The van der Waals surface area contributed by atoms with Crippen molar-refractivity contribution in [3.63, 3.8) is 0 Å². The Morgan fingerprint density at radius 1 is 1.13 bits per heavy atom. The van der Waals surface area contributed by atoms with E-state index in [0.717, 1.165) is 23.3 Å². The SMILES string of the molecule is COc1cc2c(cc1OC)CN(C(=O)CCc1ncc(-c3ccc(Cl)cc3)o1)CC2. The first kappa shape index (κ1) is 20.3. The Balaban J connectivity index is 1.38. The van der Waals surface area contributed by atoms with Gasteiger partial charge in [-0.05, 0) is 53.9 Å². The third-order valence-electron chi connectivity index (χ3n) is 5.31. The number of hydrogen-bond donors (Lipinski definition) is 0. The molecule has 6 nitrogen and oxygen atoms in total. The standard InChI is InChI=1S/C23H23ClN2O4/c1-28-19-11-16-9-10-26(14-17(16)12-20(19)29-2)23(27)8-7-22-25-13-21(30-22)15-3-5-18(24)6-4-15/h3-6,11-13H,7-10,14H2,1-2H3. The molecule has 0 atom stereocenters. The molecule has 1 amide bonds. The number of fused-ring (bicyclic) bond motifs is 1. The summed E-state index contributed by atoms with van der Waals surface area (Å²) in [6, 6.07) is 11.3. The molecule has 7 heteroatoms. The fraction of sp³-hybridized carbons (Fsp3) is 0.304. The van der Waals surface area contributed by atoms with Crippen LogP contribution < -0.4 is 9.47 Å². The smallest absolute Gasteiger partial charge is 0.223 e. The number of ether oxygens (including phenoxy) is 2. The number of carbonyl (C=O) groups excluding carboxylic acids is 1. The van der Waals surface area contributed by atoms with Gasteiger partial charge < -0.3 is 18.8 Å². The lowest BCUT2D eigenvalue weighted by Gasteiger charge is -2.29. The first-order valence-electron chi connectivity index (χ1n) is 9.79. The van der Waals surface area contributed by atoms with Crippen LogP contribution in [0.1, 0.15) is 23.4 Å². The molecular weight excluding hydrogens is 404 g/mol. The largest absolute Gasteiger partial charge is 0.493 e. The maximum Gasteiger partial charge on any atom is 0.223 e. The van der Waals surface area contributed by atoms with Crippen molar-refractivity contribution in [2.75, 3.05) is 20.8 Å². The van der Waals surface area contributed by atoms with Crippen LogP contribution in [0.5, 0.6) is 11.5 Å². The maximum absolute atomic E-state index is 12.8. The number of hydrogen-bond acceptors (Lipinski definition) is 5. The van der Waals surface area contributed by atoms with Crippen molar-refractivity contribution in [2.24, 2.45) is 0 Å². The van der Waals surface area contributed by atoms with Gasteiger partial charge in [-0.15, -0.1) is 0 Å². The molecule has 1 aliphatic rings. The van der Waals surface area contributed by atoms with Gasteiger partial charge in [0.05, 0.1) is 20.4 Å². The zero-order chi connectivity index (χ0) is 21.1. The number of halogens is 1. The van der Waals surface area contributed by atoms with E-state index in [2.05, 4.69) is 4.98 Å². The first-order chi connectivity index (χ1) is 14.6. The molecule has 0 N–H and O–H groups in total. The van der Waals surface area contributed by atoms with Crippen LogP contribution in [0.25, 0.3) is 11.3 Å². The van der Waals surface area contributed by atoms with E-state index in [1.807, 2.05) is 29.2 Å². The third kappa shape index (κ3) is 4.28. The number of aryl methyl sites for hydroxylation is 1. The van der Waals surface area contributed by atoms with Crippen molar-refractivity contribution >= 4 is 17.5 Å². The van der Waals surface area contributed by atoms with Crippen LogP contribution >= 0.6 is 11.6 Å². The Labute approximate surface area is 180 Å². The van der Waals surface area contributed by atoms with E-state index in [1.165, 1.54) is 5.56 Å². The Hall–Kier alpha value is -2.99. The summed E-state index contributed by atoms with van der Waals surface area (Å²) in [6.07, 6.45) is 3.28. The minimum Gasteiger partial charge on any atom is -0.493 e. The van der Waals surface area contributed by atoms with E-state index in [0.29, 0.717) is 48.4 Å². The number of aromatic nitrogens is 1. The molecule has 3 aromatic rings. The summed E-state index contributed by atoms with van der Waals surface area (Å²) in [5.41, 5.74) is 3.19. The molecule has 0 saturated heterocycles. The van der Waals surface area contributed by atoms with E-state index in [4.69, 9.17) is 25.5 Å². The molecular formula is C23H23ClN2O4. The average molecular weight is 427 g/mol. The number of benzene rings is 2. The van der Waals surface area contributed by atoms with E-state index >= 15 is 0 Å². The minimum absolute atomic E-state index is 0.0849. The van der Waals surface area contributed by atoms with Gasteiger partial charge in [0.2, 0.25) is 5.91 Å². The zero-order valence-electron chi connectivity index (χ0n) is 17.0. The van der Waals surface area contributed by atoms with E-state index in [9.17, 15) is 4.79 Å². The molecule has 0 fully saturated rings. The molecule has 30 heavy (non-hydrogen) atoms. The van der Waals surface area contributed by atoms with Gasteiger partial charge in [0, 0.05) is 36.5 Å². The predicted molar refractivity (Wildman–Crippen MR) is 114 cm³/mol. The van der Waals surface area contributed by atoms with Crippen LogP contribution in [0.3, 0.4) is 0 Å². The van der Waals surface area contributed by atoms with Gasteiger partial charge in [0.15, 0.2) is 23.1 Å². The quantitative estimate of drug-likeness (QED) is 0.579. The highest BCUT2D eigenvalue weighted by Gasteiger charge is 2.23. The monoisotopic (exact) mass is 426 g/mol. The number of amides is 1. The second-order valence-corrected chi connectivity index (χ2v) is 7.60. The fourth-order valence-electron chi connectivity index (χ4n) is 3.64. The van der Waals surface area contributed by atoms with Crippen LogP contribution in [0.2, 0.25) is 5.02 Å². The van der Waals surface area contributed by atoms with Crippen LogP contribution in [0.4, 0.5) is 0 Å². The van der Waals surface area contributed by atoms with Crippen LogP contribution in [0.15, 0.2) is 47.0 Å². The fourth-order valence-corrected chi connectivity index (χ4v) is 3.77. The molecule has 2 aromatic carbocycles. The summed E-state index contributed by atoms with van der Waals surface area (Å²) in [4.78, 5) is 18.9. The summed E-state index contributed by atoms with van der Waals surface area (Å²) >= 11 is 5.92. The lowest BCUT2D eigenvalue weighted by Crippen LogP contribution is -2.36. The van der Waals surface area contributed by atoms with Crippen LogP contribution in [-0.4, -0.2) is 36.6 Å². The molecule has 1 aliphatic heterocycles. The van der Waals surface area contributed by atoms with Crippen molar-refractivity contribution in [2.45, 2.75) is 25.8 Å². The van der Waals surface area contributed by atoms with Crippen molar-refractivity contribution in [3.05, 3.63) is 64.6 Å². The Morgan fingerprint density at radius 3 is 2.53 bits per heavy atom. The zero-order valence-corrected chi connectivity index (χ0v) is 17.7. The Morgan fingerprint density at radius 2 is 1.83 bits per heavy atom. The highest BCUT2D eigenvalue weighted by atomic mass is 35.5. The van der Waals surface area contributed by atoms with E-state index < -0.39 is 0 Å². The third-order valence-corrected chi connectivity index (χ3v) is 5.56. The molecule has 0 unspecified atom stereocenters.